The maximum Gasteiger partial charge on any atom is 0.251 e. The normalized spacial score (nSPS) is 8.06. The molecule has 0 heterocycles. The molecule has 1 aromatic carbocycles. The summed E-state index contributed by atoms with van der Waals surface area (Å²) in [5.41, 5.74) is 0.494. The lowest BCUT2D eigenvalue weighted by Crippen LogP contribution is -2.23. The summed E-state index contributed by atoms with van der Waals surface area (Å²) in [6, 6.07) is 6.31. The second-order valence-electron chi connectivity index (χ2n) is 2.81. The molecule has 0 aromatic heterocycles. The number of benzene rings is 1. The van der Waals surface area contributed by atoms with E-state index in [0.717, 1.165) is 6.42 Å². The van der Waals surface area contributed by atoms with E-state index >= 15 is 0 Å². The first-order valence-corrected chi connectivity index (χ1v) is 6.31. The molecule has 2 N–H and O–H groups in total. The van der Waals surface area contributed by atoms with Crippen molar-refractivity contribution in [1.82, 2.24) is 5.32 Å². The topological polar surface area (TPSA) is 49.3 Å². The Morgan fingerprint density at radius 3 is 2.29 bits per heavy atom. The van der Waals surface area contributed by atoms with Crippen LogP contribution in [0.3, 0.4) is 0 Å². The van der Waals surface area contributed by atoms with E-state index in [1.807, 2.05) is 34.6 Å². The van der Waals surface area contributed by atoms with Crippen LogP contribution in [0.2, 0.25) is 0 Å². The summed E-state index contributed by atoms with van der Waals surface area (Å²) < 4.78 is 0. The smallest absolute Gasteiger partial charge is 0.251 e. The van der Waals surface area contributed by atoms with E-state index in [1.165, 1.54) is 12.1 Å². The number of carbonyl (C=O) groups is 1. The van der Waals surface area contributed by atoms with Crippen LogP contribution < -0.4 is 5.32 Å². The van der Waals surface area contributed by atoms with Crippen LogP contribution in [0.25, 0.3) is 0 Å². The van der Waals surface area contributed by atoms with Crippen molar-refractivity contribution in [2.45, 2.75) is 41.0 Å². The average molecular weight is 239 g/mol. The van der Waals surface area contributed by atoms with Gasteiger partial charge in [0.15, 0.2) is 0 Å². The number of amides is 1. The van der Waals surface area contributed by atoms with E-state index in [1.54, 1.807) is 12.1 Å². The molecule has 0 aliphatic rings. The number of aromatic hydroxyl groups is 1. The lowest BCUT2D eigenvalue weighted by Gasteiger charge is -2.02. The molecule has 17 heavy (non-hydrogen) atoms. The second-order valence-corrected chi connectivity index (χ2v) is 2.81. The minimum Gasteiger partial charge on any atom is -0.508 e. The molecule has 0 bridgehead atoms. The zero-order chi connectivity index (χ0) is 13.7. The van der Waals surface area contributed by atoms with Crippen molar-refractivity contribution in [2.24, 2.45) is 0 Å². The van der Waals surface area contributed by atoms with E-state index in [9.17, 15) is 4.79 Å². The number of rotatable bonds is 3. The molecule has 0 fully saturated rings. The molecule has 0 unspecified atom stereocenters. The molecule has 0 aliphatic heterocycles. The molecular formula is C14H25NO2. The van der Waals surface area contributed by atoms with Crippen LogP contribution in [0, 0.1) is 0 Å². The van der Waals surface area contributed by atoms with Crippen LogP contribution in [0.4, 0.5) is 0 Å². The van der Waals surface area contributed by atoms with Gasteiger partial charge in [-0.3, -0.25) is 4.79 Å². The number of hydrogen-bond acceptors (Lipinski definition) is 2. The van der Waals surface area contributed by atoms with Gasteiger partial charge in [0.05, 0.1) is 0 Å². The molecule has 3 nitrogen and oxygen atoms in total. The fraction of sp³-hybridized carbons (Fsp3) is 0.500. The molecule has 3 heteroatoms. The maximum atomic E-state index is 11.3. The molecule has 0 radical (unpaired) electrons. The van der Waals surface area contributed by atoms with Crippen molar-refractivity contribution >= 4 is 5.91 Å². The zero-order valence-electron chi connectivity index (χ0n) is 11.6. The molecule has 0 saturated carbocycles. The van der Waals surface area contributed by atoms with Gasteiger partial charge in [-0.25, -0.2) is 0 Å². The van der Waals surface area contributed by atoms with Gasteiger partial charge in [-0.1, -0.05) is 40.7 Å². The Hall–Kier alpha value is -1.51. The number of phenolic OH excluding ortho intramolecular Hbond substituents is 1. The SMILES string of the molecule is CC.CC.CCCNC(=O)c1cccc(O)c1. The highest BCUT2D eigenvalue weighted by Crippen LogP contribution is 2.10. The number of nitrogens with one attached hydrogen (secondary N) is 1. The lowest BCUT2D eigenvalue weighted by atomic mass is 10.2. The monoisotopic (exact) mass is 239 g/mol. The van der Waals surface area contributed by atoms with Crippen molar-refractivity contribution in [2.75, 3.05) is 6.54 Å². The second kappa shape index (κ2) is 12.6. The zero-order valence-corrected chi connectivity index (χ0v) is 11.6. The summed E-state index contributed by atoms with van der Waals surface area (Å²) in [6.07, 6.45) is 0.907. The highest BCUT2D eigenvalue weighted by atomic mass is 16.3. The van der Waals surface area contributed by atoms with Crippen LogP contribution in [0.1, 0.15) is 51.4 Å². The minimum atomic E-state index is -0.141. The quantitative estimate of drug-likeness (QED) is 0.847. The summed E-state index contributed by atoms with van der Waals surface area (Å²) >= 11 is 0. The Kier molecular flexibility index (Phi) is 13.2. The van der Waals surface area contributed by atoms with E-state index in [2.05, 4.69) is 5.32 Å². The maximum absolute atomic E-state index is 11.3. The molecule has 1 amide bonds. The van der Waals surface area contributed by atoms with E-state index in [-0.39, 0.29) is 11.7 Å². The van der Waals surface area contributed by atoms with Gasteiger partial charge < -0.3 is 10.4 Å². The summed E-state index contributed by atoms with van der Waals surface area (Å²) in [7, 11) is 0. The average Bonchev–Trinajstić information content (AvgIpc) is 2.40. The van der Waals surface area contributed by atoms with Crippen molar-refractivity contribution in [1.29, 1.82) is 0 Å². The fourth-order valence-corrected chi connectivity index (χ4v) is 0.988. The first-order valence-electron chi connectivity index (χ1n) is 6.31. The van der Waals surface area contributed by atoms with Gasteiger partial charge in [-0.2, -0.15) is 0 Å². The Balaban J connectivity index is 0. The van der Waals surface area contributed by atoms with E-state index in [0.29, 0.717) is 12.1 Å². The van der Waals surface area contributed by atoms with E-state index in [4.69, 9.17) is 5.11 Å². The van der Waals surface area contributed by atoms with Gasteiger partial charge in [0.1, 0.15) is 5.75 Å². The molecule has 1 aromatic rings. The lowest BCUT2D eigenvalue weighted by molar-refractivity contribution is 0.0953. The van der Waals surface area contributed by atoms with E-state index < -0.39 is 0 Å². The summed E-state index contributed by atoms with van der Waals surface area (Å²) in [5.74, 6) is -0.0260. The van der Waals surface area contributed by atoms with Gasteiger partial charge in [-0.15, -0.1) is 0 Å². The molecular weight excluding hydrogens is 214 g/mol. The van der Waals surface area contributed by atoms with Gasteiger partial charge in [0.25, 0.3) is 5.91 Å². The number of carbonyl (C=O) groups excluding carboxylic acids is 1. The van der Waals surface area contributed by atoms with Gasteiger partial charge in [-0.05, 0) is 24.6 Å². The molecule has 98 valence electrons. The van der Waals surface area contributed by atoms with Crippen LogP contribution in [0.15, 0.2) is 24.3 Å². The third kappa shape index (κ3) is 8.31. The first-order chi connectivity index (χ1) is 8.24. The Bertz CT molecular complexity index is 298. The van der Waals surface area contributed by atoms with Crippen molar-refractivity contribution < 1.29 is 9.90 Å². The van der Waals surface area contributed by atoms with Gasteiger partial charge in [0, 0.05) is 12.1 Å². The first kappa shape index (κ1) is 17.9. The van der Waals surface area contributed by atoms with Crippen molar-refractivity contribution in [3.63, 3.8) is 0 Å². The summed E-state index contributed by atoms with van der Waals surface area (Å²) in [6.45, 7) is 10.7. The van der Waals surface area contributed by atoms with Crippen LogP contribution >= 0.6 is 0 Å². The van der Waals surface area contributed by atoms with Crippen LogP contribution in [0.5, 0.6) is 5.75 Å². The van der Waals surface area contributed by atoms with Gasteiger partial charge >= 0.3 is 0 Å². The van der Waals surface area contributed by atoms with Crippen molar-refractivity contribution in [3.05, 3.63) is 29.8 Å². The summed E-state index contributed by atoms with van der Waals surface area (Å²) in [4.78, 5) is 11.3. The molecule has 0 aliphatic carbocycles. The Morgan fingerprint density at radius 2 is 1.82 bits per heavy atom. The molecule has 0 atom stereocenters. The number of phenols is 1. The Morgan fingerprint density at radius 1 is 1.24 bits per heavy atom. The molecule has 0 saturated heterocycles. The minimum absolute atomic E-state index is 0.115. The highest BCUT2D eigenvalue weighted by molar-refractivity contribution is 5.94. The predicted octanol–water partition coefficient (Wildman–Crippen LogP) is 3.58. The Labute approximate surface area is 105 Å². The van der Waals surface area contributed by atoms with Crippen LogP contribution in [-0.4, -0.2) is 17.6 Å². The van der Waals surface area contributed by atoms with Crippen molar-refractivity contribution in [3.8, 4) is 5.75 Å². The molecule has 0 spiro atoms. The largest absolute Gasteiger partial charge is 0.508 e. The standard InChI is InChI=1S/C10H13NO2.2C2H6/c1-2-6-11-10(13)8-4-3-5-9(12)7-8;2*1-2/h3-5,7,12H,2,6H2,1H3,(H,11,13);2*1-2H3. The number of hydrogen-bond donors (Lipinski definition) is 2. The third-order valence-corrected chi connectivity index (χ3v) is 1.64. The fourth-order valence-electron chi connectivity index (χ4n) is 0.988. The third-order valence-electron chi connectivity index (χ3n) is 1.64. The predicted molar refractivity (Wildman–Crippen MR) is 73.4 cm³/mol. The molecule has 1 rings (SSSR count). The summed E-state index contributed by atoms with van der Waals surface area (Å²) in [5, 5.41) is 11.8. The van der Waals surface area contributed by atoms with Crippen LogP contribution in [-0.2, 0) is 0 Å². The highest BCUT2D eigenvalue weighted by Gasteiger charge is 2.03. The van der Waals surface area contributed by atoms with Gasteiger partial charge in [0.2, 0.25) is 0 Å².